The highest BCUT2D eigenvalue weighted by Gasteiger charge is 2.39. The summed E-state index contributed by atoms with van der Waals surface area (Å²) in [4.78, 5) is 7.61. The maximum atomic E-state index is 7.01. The zero-order valence-electron chi connectivity index (χ0n) is 27.9. The van der Waals surface area contributed by atoms with E-state index in [0.29, 0.717) is 12.3 Å². The molecule has 2 heterocycles. The molecule has 6 aromatic rings. The summed E-state index contributed by atoms with van der Waals surface area (Å²) in [6.45, 7) is 3.63. The van der Waals surface area contributed by atoms with E-state index in [9.17, 15) is 0 Å². The Hall–Kier alpha value is -5.17. The van der Waals surface area contributed by atoms with Crippen molar-refractivity contribution in [1.82, 2.24) is 14.5 Å². The zero-order chi connectivity index (χ0) is 33.3. The standard InChI is InChI=1S/C43H44N4O2/c44-39-24-13-14-25-41(39)48-31-15-28-46-29-26-38(27-30-46)49-42(34-16-5-1-6-17-34)40-32-47(33-45-40)43(35-18-7-2-8-19-35,36-20-9-3-10-21-36)37-22-11-4-12-23-37/h1-14,16-25,32-33,38,42H,15,26-31,44H2. The minimum absolute atomic E-state index is 0.133. The molecule has 1 atom stereocenters. The van der Waals surface area contributed by atoms with Crippen LogP contribution in [0.25, 0.3) is 0 Å². The molecule has 1 aromatic heterocycles. The molecule has 248 valence electrons. The van der Waals surface area contributed by atoms with Gasteiger partial charge in [0.1, 0.15) is 17.4 Å². The Balaban J connectivity index is 1.12. The van der Waals surface area contributed by atoms with Crippen molar-refractivity contribution in [2.75, 3.05) is 32.0 Å². The highest BCUT2D eigenvalue weighted by molar-refractivity contribution is 5.52. The number of anilines is 1. The molecule has 6 heteroatoms. The maximum absolute atomic E-state index is 7.01. The number of hydrogen-bond donors (Lipinski definition) is 1. The Morgan fingerprint density at radius 2 is 1.22 bits per heavy atom. The molecule has 2 N–H and O–H groups in total. The molecule has 7 rings (SSSR count). The first-order chi connectivity index (χ1) is 24.2. The molecule has 0 aliphatic carbocycles. The molecular weight excluding hydrogens is 604 g/mol. The van der Waals surface area contributed by atoms with Crippen molar-refractivity contribution in [2.45, 2.75) is 37.0 Å². The number of para-hydroxylation sites is 2. The number of hydrogen-bond acceptors (Lipinski definition) is 5. The summed E-state index contributed by atoms with van der Waals surface area (Å²) in [6, 6.07) is 50.4. The summed E-state index contributed by atoms with van der Waals surface area (Å²) in [5, 5.41) is 0. The van der Waals surface area contributed by atoms with Gasteiger partial charge in [0, 0.05) is 25.8 Å². The van der Waals surface area contributed by atoms with E-state index in [2.05, 4.69) is 137 Å². The van der Waals surface area contributed by atoms with E-state index in [1.807, 2.05) is 30.6 Å². The maximum Gasteiger partial charge on any atom is 0.142 e. The summed E-state index contributed by atoms with van der Waals surface area (Å²) in [7, 11) is 0. The van der Waals surface area contributed by atoms with Crippen LogP contribution in [0.15, 0.2) is 158 Å². The van der Waals surface area contributed by atoms with Gasteiger partial charge in [-0.1, -0.05) is 133 Å². The SMILES string of the molecule is Nc1ccccc1OCCCN1CCC(OC(c2ccccc2)c2cn(C(c3ccccc3)(c3ccccc3)c3ccccc3)cn2)CC1. The second-order valence-corrected chi connectivity index (χ2v) is 12.7. The van der Waals surface area contributed by atoms with E-state index in [4.69, 9.17) is 20.2 Å². The fourth-order valence-electron chi connectivity index (χ4n) is 7.13. The Bertz CT molecular complexity index is 1770. The Kier molecular flexibility index (Phi) is 10.2. The van der Waals surface area contributed by atoms with Crippen molar-refractivity contribution in [3.05, 3.63) is 186 Å². The Morgan fingerprint density at radius 3 is 1.80 bits per heavy atom. The van der Waals surface area contributed by atoms with Gasteiger partial charge in [-0.15, -0.1) is 0 Å². The van der Waals surface area contributed by atoms with E-state index in [1.165, 1.54) is 16.7 Å². The van der Waals surface area contributed by atoms with Crippen LogP contribution in [0.3, 0.4) is 0 Å². The third-order valence-electron chi connectivity index (χ3n) is 9.59. The quantitative estimate of drug-likeness (QED) is 0.0775. The average molecular weight is 649 g/mol. The number of likely N-dealkylation sites (tertiary alicyclic amines) is 1. The average Bonchev–Trinajstić information content (AvgIpc) is 3.66. The van der Waals surface area contributed by atoms with Crippen LogP contribution in [0.5, 0.6) is 5.75 Å². The Labute approximate surface area is 289 Å². The van der Waals surface area contributed by atoms with Crippen molar-refractivity contribution in [3.8, 4) is 5.75 Å². The minimum Gasteiger partial charge on any atom is -0.491 e. The summed E-state index contributed by atoms with van der Waals surface area (Å²) in [5.74, 6) is 0.762. The molecule has 0 spiro atoms. The third kappa shape index (κ3) is 7.16. The number of nitrogen functional groups attached to an aromatic ring is 1. The number of nitrogens with zero attached hydrogens (tertiary/aromatic N) is 3. The third-order valence-corrected chi connectivity index (χ3v) is 9.59. The lowest BCUT2D eigenvalue weighted by Gasteiger charge is -2.37. The molecule has 49 heavy (non-hydrogen) atoms. The Morgan fingerprint density at radius 1 is 0.694 bits per heavy atom. The first-order valence-corrected chi connectivity index (χ1v) is 17.3. The van der Waals surface area contributed by atoms with Gasteiger partial charge >= 0.3 is 0 Å². The van der Waals surface area contributed by atoms with Gasteiger partial charge in [0.2, 0.25) is 0 Å². The summed E-state index contributed by atoms with van der Waals surface area (Å²) < 4.78 is 15.2. The fourth-order valence-corrected chi connectivity index (χ4v) is 7.13. The fraction of sp³-hybridized carbons (Fsp3) is 0.233. The monoisotopic (exact) mass is 648 g/mol. The van der Waals surface area contributed by atoms with E-state index in [1.54, 1.807) is 0 Å². The molecule has 1 aliphatic heterocycles. The number of ether oxygens (including phenoxy) is 2. The second-order valence-electron chi connectivity index (χ2n) is 12.7. The van der Waals surface area contributed by atoms with Crippen molar-refractivity contribution in [2.24, 2.45) is 0 Å². The van der Waals surface area contributed by atoms with Crippen LogP contribution >= 0.6 is 0 Å². The highest BCUT2D eigenvalue weighted by atomic mass is 16.5. The zero-order valence-corrected chi connectivity index (χ0v) is 27.9. The van der Waals surface area contributed by atoms with Gasteiger partial charge in [0.25, 0.3) is 0 Å². The predicted molar refractivity (Wildman–Crippen MR) is 197 cm³/mol. The topological polar surface area (TPSA) is 65.5 Å². The van der Waals surface area contributed by atoms with Crippen molar-refractivity contribution in [3.63, 3.8) is 0 Å². The van der Waals surface area contributed by atoms with Gasteiger partial charge in [0.15, 0.2) is 0 Å². The lowest BCUT2D eigenvalue weighted by atomic mass is 9.77. The smallest absolute Gasteiger partial charge is 0.142 e. The molecule has 0 amide bonds. The summed E-state index contributed by atoms with van der Waals surface area (Å²) in [6.07, 6.45) is 6.92. The van der Waals surface area contributed by atoms with Crippen LogP contribution in [0.1, 0.15) is 53.3 Å². The first-order valence-electron chi connectivity index (χ1n) is 17.3. The predicted octanol–water partition coefficient (Wildman–Crippen LogP) is 8.35. The summed E-state index contributed by atoms with van der Waals surface area (Å²) in [5.41, 5.74) is 11.6. The number of imidazole rings is 1. The molecule has 0 saturated carbocycles. The van der Waals surface area contributed by atoms with Gasteiger partial charge in [-0.25, -0.2) is 4.98 Å². The molecule has 1 fully saturated rings. The molecule has 0 radical (unpaired) electrons. The van der Waals surface area contributed by atoms with E-state index in [0.717, 1.165) is 55.9 Å². The molecular formula is C43H44N4O2. The van der Waals surface area contributed by atoms with Crippen LogP contribution in [0, 0.1) is 0 Å². The van der Waals surface area contributed by atoms with Gasteiger partial charge in [-0.3, -0.25) is 0 Å². The van der Waals surface area contributed by atoms with E-state index < -0.39 is 5.54 Å². The number of nitrogens with two attached hydrogens (primary N) is 1. The number of aromatic nitrogens is 2. The van der Waals surface area contributed by atoms with Crippen molar-refractivity contribution in [1.29, 1.82) is 0 Å². The van der Waals surface area contributed by atoms with Crippen LogP contribution < -0.4 is 10.5 Å². The van der Waals surface area contributed by atoms with Crippen molar-refractivity contribution >= 4 is 5.69 Å². The normalized spacial score (nSPS) is 14.8. The summed E-state index contributed by atoms with van der Waals surface area (Å²) >= 11 is 0. The van der Waals surface area contributed by atoms with Gasteiger partial charge in [-0.05, 0) is 53.6 Å². The lowest BCUT2D eigenvalue weighted by molar-refractivity contribution is -0.0288. The largest absolute Gasteiger partial charge is 0.491 e. The van der Waals surface area contributed by atoms with Gasteiger partial charge in [0.05, 0.1) is 30.4 Å². The number of benzene rings is 5. The second kappa shape index (κ2) is 15.4. The number of piperidine rings is 1. The van der Waals surface area contributed by atoms with Crippen molar-refractivity contribution < 1.29 is 9.47 Å². The molecule has 0 bridgehead atoms. The first kappa shape index (κ1) is 32.4. The minimum atomic E-state index is -0.627. The lowest BCUT2D eigenvalue weighted by Crippen LogP contribution is -2.38. The van der Waals surface area contributed by atoms with Crippen LogP contribution in [0.4, 0.5) is 5.69 Å². The van der Waals surface area contributed by atoms with Crippen LogP contribution in [0.2, 0.25) is 0 Å². The molecule has 1 aliphatic rings. The molecule has 1 saturated heterocycles. The highest BCUT2D eigenvalue weighted by Crippen LogP contribution is 2.42. The van der Waals surface area contributed by atoms with Crippen LogP contribution in [-0.4, -0.2) is 46.8 Å². The molecule has 5 aromatic carbocycles. The number of rotatable bonds is 13. The van der Waals surface area contributed by atoms with Gasteiger partial charge < -0.3 is 24.7 Å². The van der Waals surface area contributed by atoms with Gasteiger partial charge in [-0.2, -0.15) is 0 Å². The van der Waals surface area contributed by atoms with E-state index in [-0.39, 0.29) is 12.2 Å². The molecule has 1 unspecified atom stereocenters. The van der Waals surface area contributed by atoms with Crippen LogP contribution in [-0.2, 0) is 10.3 Å². The molecule has 6 nitrogen and oxygen atoms in total. The van der Waals surface area contributed by atoms with E-state index >= 15 is 0 Å².